The highest BCUT2D eigenvalue weighted by Crippen LogP contribution is 2.42. The van der Waals surface area contributed by atoms with Crippen LogP contribution in [0.5, 0.6) is 17.2 Å². The van der Waals surface area contributed by atoms with E-state index < -0.39 is 18.1 Å². The Morgan fingerprint density at radius 1 is 1.03 bits per heavy atom. The molecule has 0 heterocycles. The van der Waals surface area contributed by atoms with Crippen molar-refractivity contribution in [3.63, 3.8) is 0 Å². The lowest BCUT2D eigenvalue weighted by molar-refractivity contribution is -0.163. The molecule has 2 aromatic rings. The number of methoxy groups -OCH3 is 3. The minimum absolute atomic E-state index is 0.0662. The lowest BCUT2D eigenvalue weighted by atomic mass is 10.0. The van der Waals surface area contributed by atoms with Gasteiger partial charge in [0.15, 0.2) is 17.5 Å². The van der Waals surface area contributed by atoms with E-state index in [0.717, 1.165) is 5.56 Å². The van der Waals surface area contributed by atoms with Crippen molar-refractivity contribution in [3.8, 4) is 17.2 Å². The number of ether oxygens (including phenoxy) is 3. The van der Waals surface area contributed by atoms with Crippen LogP contribution in [0.2, 0.25) is 0 Å². The smallest absolute Gasteiger partial charge is 0.412 e. The maximum Gasteiger partial charge on any atom is 0.412 e. The fourth-order valence-electron chi connectivity index (χ4n) is 3.02. The number of benzene rings is 2. The predicted molar refractivity (Wildman–Crippen MR) is 106 cm³/mol. The molecule has 6 nitrogen and oxygen atoms in total. The SMILES string of the molecule is COc1cc([C@@H](NC(=O)CN(C)Cc2ccccc2)C(F)(F)F)cc(OC)c1OC. The van der Waals surface area contributed by atoms with E-state index >= 15 is 0 Å². The second-order valence-electron chi connectivity index (χ2n) is 6.66. The molecular formula is C21H25F3N2O4. The van der Waals surface area contributed by atoms with Crippen LogP contribution in [0.15, 0.2) is 42.5 Å². The third-order valence-electron chi connectivity index (χ3n) is 4.36. The van der Waals surface area contributed by atoms with Crippen molar-refractivity contribution in [3.05, 3.63) is 53.6 Å². The number of amides is 1. The zero-order valence-corrected chi connectivity index (χ0v) is 17.2. The summed E-state index contributed by atoms with van der Waals surface area (Å²) < 4.78 is 56.7. The second kappa shape index (κ2) is 10.2. The Hall–Kier alpha value is -2.94. The number of rotatable bonds is 9. The van der Waals surface area contributed by atoms with Crippen molar-refractivity contribution in [2.75, 3.05) is 34.9 Å². The van der Waals surface area contributed by atoms with Crippen LogP contribution in [0, 0.1) is 0 Å². The Balaban J connectivity index is 2.21. The highest BCUT2D eigenvalue weighted by atomic mass is 19.4. The molecule has 0 aliphatic carbocycles. The monoisotopic (exact) mass is 426 g/mol. The van der Waals surface area contributed by atoms with E-state index in [0.29, 0.717) is 6.54 Å². The summed E-state index contributed by atoms with van der Waals surface area (Å²) in [5.74, 6) is -0.462. The topological polar surface area (TPSA) is 60.0 Å². The quantitative estimate of drug-likeness (QED) is 0.665. The van der Waals surface area contributed by atoms with E-state index in [2.05, 4.69) is 5.32 Å². The van der Waals surface area contributed by atoms with Crippen molar-refractivity contribution in [1.82, 2.24) is 10.2 Å². The average molecular weight is 426 g/mol. The molecule has 0 spiro atoms. The van der Waals surface area contributed by atoms with Crippen LogP contribution in [0.25, 0.3) is 0 Å². The number of halogens is 3. The van der Waals surface area contributed by atoms with Crippen LogP contribution in [-0.2, 0) is 11.3 Å². The summed E-state index contributed by atoms with van der Waals surface area (Å²) in [5, 5.41) is 2.07. The fourth-order valence-corrected chi connectivity index (χ4v) is 3.02. The first-order valence-corrected chi connectivity index (χ1v) is 9.08. The molecule has 0 unspecified atom stereocenters. The molecule has 0 aliphatic rings. The first-order valence-electron chi connectivity index (χ1n) is 9.08. The number of carbonyl (C=O) groups is 1. The van der Waals surface area contributed by atoms with Gasteiger partial charge in [-0.05, 0) is 30.3 Å². The van der Waals surface area contributed by atoms with Gasteiger partial charge in [-0.2, -0.15) is 13.2 Å². The number of likely N-dealkylation sites (N-methyl/N-ethyl adjacent to an activating group) is 1. The Labute approximate surface area is 173 Å². The molecule has 1 N–H and O–H groups in total. The van der Waals surface area contributed by atoms with Gasteiger partial charge in [0.25, 0.3) is 0 Å². The van der Waals surface area contributed by atoms with Crippen molar-refractivity contribution in [2.45, 2.75) is 18.8 Å². The standard InChI is InChI=1S/C21H25F3N2O4/c1-26(12-14-8-6-5-7-9-14)13-18(27)25-20(21(22,23)24)15-10-16(28-2)19(30-4)17(11-15)29-3/h5-11,20H,12-13H2,1-4H3,(H,25,27)/t20-/m1/s1. The second-order valence-corrected chi connectivity index (χ2v) is 6.66. The number of nitrogens with one attached hydrogen (secondary N) is 1. The normalized spacial score (nSPS) is 12.4. The minimum atomic E-state index is -4.72. The molecule has 0 saturated carbocycles. The molecule has 9 heteroatoms. The van der Waals surface area contributed by atoms with Gasteiger partial charge in [-0.1, -0.05) is 30.3 Å². The van der Waals surface area contributed by atoms with Crippen molar-refractivity contribution in [2.24, 2.45) is 0 Å². The summed E-state index contributed by atoms with van der Waals surface area (Å²) in [5.41, 5.74) is 0.723. The van der Waals surface area contributed by atoms with Crippen LogP contribution in [0.1, 0.15) is 17.2 Å². The van der Waals surface area contributed by atoms with Crippen molar-refractivity contribution < 1.29 is 32.2 Å². The Kier molecular flexibility index (Phi) is 7.93. The van der Waals surface area contributed by atoms with Gasteiger partial charge in [0.2, 0.25) is 11.7 Å². The molecular weight excluding hydrogens is 401 g/mol. The van der Waals surface area contributed by atoms with Crippen LogP contribution in [0.4, 0.5) is 13.2 Å². The van der Waals surface area contributed by atoms with Crippen LogP contribution >= 0.6 is 0 Å². The van der Waals surface area contributed by atoms with Crippen LogP contribution < -0.4 is 19.5 Å². The lowest BCUT2D eigenvalue weighted by Gasteiger charge is -2.25. The van der Waals surface area contributed by atoms with Crippen molar-refractivity contribution in [1.29, 1.82) is 0 Å². The number of alkyl halides is 3. The highest BCUT2D eigenvalue weighted by molar-refractivity contribution is 5.78. The number of carbonyl (C=O) groups excluding carboxylic acids is 1. The first kappa shape index (κ1) is 23.3. The molecule has 0 saturated heterocycles. The van der Waals surface area contributed by atoms with E-state index in [1.165, 1.54) is 33.5 Å². The Morgan fingerprint density at radius 3 is 2.07 bits per heavy atom. The minimum Gasteiger partial charge on any atom is -0.493 e. The third kappa shape index (κ3) is 6.03. The molecule has 164 valence electrons. The van der Waals surface area contributed by atoms with Gasteiger partial charge in [0.1, 0.15) is 0 Å². The molecule has 30 heavy (non-hydrogen) atoms. The summed E-state index contributed by atoms with van der Waals surface area (Å²) in [6, 6.07) is 9.44. The molecule has 1 atom stereocenters. The molecule has 0 bridgehead atoms. The maximum absolute atomic E-state index is 13.8. The van der Waals surface area contributed by atoms with Gasteiger partial charge >= 0.3 is 6.18 Å². The van der Waals surface area contributed by atoms with Gasteiger partial charge in [-0.3, -0.25) is 9.69 Å². The molecule has 0 radical (unpaired) electrons. The van der Waals surface area contributed by atoms with E-state index in [4.69, 9.17) is 14.2 Å². The van der Waals surface area contributed by atoms with E-state index in [1.54, 1.807) is 11.9 Å². The highest BCUT2D eigenvalue weighted by Gasteiger charge is 2.42. The van der Waals surface area contributed by atoms with Gasteiger partial charge in [-0.25, -0.2) is 0 Å². The fraction of sp³-hybridized carbons (Fsp3) is 0.381. The van der Waals surface area contributed by atoms with E-state index in [9.17, 15) is 18.0 Å². The number of hydrogen-bond acceptors (Lipinski definition) is 5. The van der Waals surface area contributed by atoms with Gasteiger partial charge < -0.3 is 19.5 Å². The largest absolute Gasteiger partial charge is 0.493 e. The predicted octanol–water partition coefficient (Wildman–Crippen LogP) is 3.56. The summed E-state index contributed by atoms with van der Waals surface area (Å²) >= 11 is 0. The Bertz CT molecular complexity index is 819. The first-order chi connectivity index (χ1) is 14.2. The molecule has 1 amide bonds. The van der Waals surface area contributed by atoms with E-state index in [-0.39, 0.29) is 29.4 Å². The lowest BCUT2D eigenvalue weighted by Crippen LogP contribution is -2.42. The Morgan fingerprint density at radius 2 is 1.60 bits per heavy atom. The van der Waals surface area contributed by atoms with Gasteiger partial charge in [-0.15, -0.1) is 0 Å². The van der Waals surface area contributed by atoms with Crippen LogP contribution in [-0.4, -0.2) is 51.9 Å². The number of nitrogens with zero attached hydrogens (tertiary/aromatic N) is 1. The van der Waals surface area contributed by atoms with Crippen molar-refractivity contribution >= 4 is 5.91 Å². The van der Waals surface area contributed by atoms with E-state index in [1.807, 2.05) is 30.3 Å². The molecule has 0 aliphatic heterocycles. The third-order valence-corrected chi connectivity index (χ3v) is 4.36. The zero-order valence-electron chi connectivity index (χ0n) is 17.2. The average Bonchev–Trinajstić information content (AvgIpc) is 2.70. The van der Waals surface area contributed by atoms with Gasteiger partial charge in [0, 0.05) is 6.54 Å². The maximum atomic E-state index is 13.8. The summed E-state index contributed by atoms with van der Waals surface area (Å²) in [4.78, 5) is 14.0. The summed E-state index contributed by atoms with van der Waals surface area (Å²) in [7, 11) is 5.63. The summed E-state index contributed by atoms with van der Waals surface area (Å²) in [6.45, 7) is 0.223. The van der Waals surface area contributed by atoms with Crippen LogP contribution in [0.3, 0.4) is 0 Å². The molecule has 2 aromatic carbocycles. The molecule has 0 fully saturated rings. The zero-order chi connectivity index (χ0) is 22.3. The summed E-state index contributed by atoms with van der Waals surface area (Å²) in [6.07, 6.45) is -4.72. The molecule has 2 rings (SSSR count). The molecule has 0 aromatic heterocycles. The van der Waals surface area contributed by atoms with Gasteiger partial charge in [0.05, 0.1) is 27.9 Å². The number of hydrogen-bond donors (Lipinski definition) is 1.